The summed E-state index contributed by atoms with van der Waals surface area (Å²) in [6, 6.07) is 21.3. The largest absolute Gasteiger partial charge is 0.494 e. The van der Waals surface area contributed by atoms with Crippen molar-refractivity contribution in [3.05, 3.63) is 97.1 Å². The lowest BCUT2D eigenvalue weighted by molar-refractivity contribution is -0.111. The van der Waals surface area contributed by atoms with E-state index in [1.54, 1.807) is 18.2 Å². The Labute approximate surface area is 280 Å². The van der Waals surface area contributed by atoms with Gasteiger partial charge in [0.05, 0.1) is 36.8 Å². The van der Waals surface area contributed by atoms with Gasteiger partial charge in [-0.25, -0.2) is 19.4 Å². The fourth-order valence-electron chi connectivity index (χ4n) is 6.79. The summed E-state index contributed by atoms with van der Waals surface area (Å²) in [5, 5.41) is 8.19. The number of nitrogens with zero attached hydrogens (tertiary/aromatic N) is 5. The standard InChI is InChI=1S/C37H40FN7O3/c1-4-37(46)42-30-19-31(34(47-3)20-33(30)43-14-15-44(24(2)22-43)29-11-12-29)41-35-21-36(40-23-39-35)45-32(13-16-48-45)27-9-5-7-25(17-27)26-8-6-10-28(38)18-26/h4-10,17-21,23-24,29,32H,1,11-16,22H2,2-3H3,(H,42,46)(H,39,40,41)/t24-,32+/m0/s1. The zero-order valence-corrected chi connectivity index (χ0v) is 27.2. The monoisotopic (exact) mass is 649 g/mol. The second-order valence-corrected chi connectivity index (χ2v) is 12.5. The smallest absolute Gasteiger partial charge is 0.247 e. The van der Waals surface area contributed by atoms with Crippen molar-refractivity contribution in [3.63, 3.8) is 0 Å². The second-order valence-electron chi connectivity index (χ2n) is 12.5. The van der Waals surface area contributed by atoms with Gasteiger partial charge in [-0.2, -0.15) is 0 Å². The first-order chi connectivity index (χ1) is 23.4. The molecule has 1 amide bonds. The molecule has 11 heteroatoms. The predicted molar refractivity (Wildman–Crippen MR) is 186 cm³/mol. The van der Waals surface area contributed by atoms with Crippen LogP contribution in [0.2, 0.25) is 0 Å². The van der Waals surface area contributed by atoms with Crippen LogP contribution in [0.25, 0.3) is 11.1 Å². The fourth-order valence-corrected chi connectivity index (χ4v) is 6.79. The summed E-state index contributed by atoms with van der Waals surface area (Å²) in [5.74, 6) is 1.17. The third kappa shape index (κ3) is 6.69. The van der Waals surface area contributed by atoms with Crippen molar-refractivity contribution in [3.8, 4) is 16.9 Å². The highest BCUT2D eigenvalue weighted by Gasteiger charge is 2.36. The molecule has 3 fully saturated rings. The minimum absolute atomic E-state index is 0.0985. The van der Waals surface area contributed by atoms with Gasteiger partial charge in [-0.15, -0.1) is 0 Å². The number of hydrogen-bond acceptors (Lipinski definition) is 9. The van der Waals surface area contributed by atoms with Crippen LogP contribution >= 0.6 is 0 Å². The predicted octanol–water partition coefficient (Wildman–Crippen LogP) is 6.72. The topological polar surface area (TPSA) is 95.1 Å². The lowest BCUT2D eigenvalue weighted by Crippen LogP contribution is -2.52. The number of aromatic nitrogens is 2. The Bertz CT molecular complexity index is 1820. The highest BCUT2D eigenvalue weighted by Crippen LogP contribution is 2.41. The van der Waals surface area contributed by atoms with Crippen LogP contribution in [-0.4, -0.2) is 66.2 Å². The molecule has 2 aliphatic heterocycles. The van der Waals surface area contributed by atoms with Crippen LogP contribution in [-0.2, 0) is 9.63 Å². The zero-order valence-electron chi connectivity index (χ0n) is 27.2. The summed E-state index contributed by atoms with van der Waals surface area (Å²) in [6.45, 7) is 9.11. The van der Waals surface area contributed by atoms with Crippen molar-refractivity contribution in [1.29, 1.82) is 0 Å². The van der Waals surface area contributed by atoms with Gasteiger partial charge < -0.3 is 20.3 Å². The van der Waals surface area contributed by atoms with Gasteiger partial charge in [-0.3, -0.25) is 14.5 Å². The first kappa shape index (κ1) is 31.6. The van der Waals surface area contributed by atoms with Crippen LogP contribution < -0.4 is 25.3 Å². The van der Waals surface area contributed by atoms with E-state index in [4.69, 9.17) is 9.57 Å². The average Bonchev–Trinajstić information content (AvgIpc) is 3.83. The lowest BCUT2D eigenvalue weighted by Gasteiger charge is -2.42. The van der Waals surface area contributed by atoms with E-state index in [2.05, 4.69) is 50.0 Å². The number of rotatable bonds is 10. The summed E-state index contributed by atoms with van der Waals surface area (Å²) in [5.41, 5.74) is 4.97. The van der Waals surface area contributed by atoms with Gasteiger partial charge in [0.1, 0.15) is 23.7 Å². The Morgan fingerprint density at radius 1 is 1.02 bits per heavy atom. The highest BCUT2D eigenvalue weighted by molar-refractivity contribution is 6.02. The third-order valence-electron chi connectivity index (χ3n) is 9.27. The van der Waals surface area contributed by atoms with Gasteiger partial charge in [0.15, 0.2) is 5.82 Å². The van der Waals surface area contributed by atoms with Gasteiger partial charge >= 0.3 is 0 Å². The van der Waals surface area contributed by atoms with Crippen LogP contribution in [0.15, 0.2) is 85.7 Å². The molecule has 1 aromatic heterocycles. The Hall–Kier alpha value is -5.00. The molecule has 3 aliphatic rings. The molecule has 2 N–H and O–H groups in total. The van der Waals surface area contributed by atoms with Gasteiger partial charge in [0.2, 0.25) is 5.91 Å². The fraction of sp³-hybridized carbons (Fsp3) is 0.324. The Morgan fingerprint density at radius 2 is 1.83 bits per heavy atom. The van der Waals surface area contributed by atoms with Gasteiger partial charge in [-0.1, -0.05) is 36.9 Å². The van der Waals surface area contributed by atoms with Crippen molar-refractivity contribution >= 4 is 34.6 Å². The van der Waals surface area contributed by atoms with Crippen LogP contribution in [0.1, 0.15) is 37.8 Å². The molecule has 4 aromatic rings. The molecule has 0 spiro atoms. The molecular weight excluding hydrogens is 609 g/mol. The van der Waals surface area contributed by atoms with Crippen molar-refractivity contribution in [1.82, 2.24) is 14.9 Å². The third-order valence-corrected chi connectivity index (χ3v) is 9.27. The van der Waals surface area contributed by atoms with E-state index in [1.165, 1.54) is 37.4 Å². The Balaban J connectivity index is 1.14. The number of piperazine rings is 1. The molecule has 2 saturated heterocycles. The van der Waals surface area contributed by atoms with E-state index in [0.29, 0.717) is 47.5 Å². The summed E-state index contributed by atoms with van der Waals surface area (Å²) in [6.07, 6.45) is 6.07. The van der Waals surface area contributed by atoms with Crippen LogP contribution in [0.5, 0.6) is 5.75 Å². The first-order valence-corrected chi connectivity index (χ1v) is 16.4. The molecule has 0 unspecified atom stereocenters. The molecule has 2 atom stereocenters. The molecule has 10 nitrogen and oxygen atoms in total. The Kier molecular flexibility index (Phi) is 8.96. The molecule has 248 valence electrons. The number of halogens is 1. The van der Waals surface area contributed by atoms with Crippen molar-refractivity contribution in [2.45, 2.75) is 44.3 Å². The number of benzene rings is 3. The number of amides is 1. The van der Waals surface area contributed by atoms with Crippen molar-refractivity contribution in [2.24, 2.45) is 0 Å². The van der Waals surface area contributed by atoms with E-state index in [-0.39, 0.29) is 17.8 Å². The summed E-state index contributed by atoms with van der Waals surface area (Å²) in [4.78, 5) is 32.5. The number of nitrogens with one attached hydrogen (secondary N) is 2. The molecular formula is C37H40FN7O3. The van der Waals surface area contributed by atoms with Crippen LogP contribution in [0.3, 0.4) is 0 Å². The molecule has 3 aromatic carbocycles. The highest BCUT2D eigenvalue weighted by atomic mass is 19.1. The number of anilines is 5. The molecule has 48 heavy (non-hydrogen) atoms. The Morgan fingerprint density at radius 3 is 2.58 bits per heavy atom. The number of carbonyl (C=O) groups excluding carboxylic acids is 1. The van der Waals surface area contributed by atoms with Gasteiger partial charge in [-0.05, 0) is 66.8 Å². The molecule has 3 heterocycles. The van der Waals surface area contributed by atoms with Crippen molar-refractivity contribution in [2.75, 3.05) is 53.9 Å². The van der Waals surface area contributed by atoms with Crippen LogP contribution in [0.4, 0.5) is 33.1 Å². The van der Waals surface area contributed by atoms with Crippen LogP contribution in [0, 0.1) is 5.82 Å². The lowest BCUT2D eigenvalue weighted by atomic mass is 9.98. The van der Waals surface area contributed by atoms with E-state index in [9.17, 15) is 9.18 Å². The number of methoxy groups -OCH3 is 1. The molecule has 1 saturated carbocycles. The second kappa shape index (κ2) is 13.6. The zero-order chi connectivity index (χ0) is 33.2. The number of hydroxylamine groups is 1. The number of hydrogen-bond donors (Lipinski definition) is 2. The van der Waals surface area contributed by atoms with E-state index in [0.717, 1.165) is 48.4 Å². The first-order valence-electron chi connectivity index (χ1n) is 16.4. The maximum atomic E-state index is 13.9. The summed E-state index contributed by atoms with van der Waals surface area (Å²) < 4.78 is 19.8. The maximum absolute atomic E-state index is 13.9. The van der Waals surface area contributed by atoms with E-state index >= 15 is 0 Å². The summed E-state index contributed by atoms with van der Waals surface area (Å²) >= 11 is 0. The average molecular weight is 650 g/mol. The molecule has 1 aliphatic carbocycles. The van der Waals surface area contributed by atoms with Gasteiger partial charge in [0.25, 0.3) is 0 Å². The quantitative estimate of drug-likeness (QED) is 0.182. The number of carbonyl (C=O) groups is 1. The van der Waals surface area contributed by atoms with E-state index in [1.807, 2.05) is 42.5 Å². The van der Waals surface area contributed by atoms with E-state index < -0.39 is 0 Å². The molecule has 7 rings (SSSR count). The SMILES string of the molecule is C=CC(=O)Nc1cc(Nc2cc(N3OCC[C@@H]3c3cccc(-c4cccc(F)c4)c3)ncn2)c(OC)cc1N1CCN(C2CC2)[C@@H](C)C1. The normalized spacial score (nSPS) is 19.6. The van der Waals surface area contributed by atoms with Gasteiger partial charge in [0, 0.05) is 50.3 Å². The minimum Gasteiger partial charge on any atom is -0.494 e. The molecule has 0 radical (unpaired) electrons. The number of ether oxygens (including phenoxy) is 1. The summed E-state index contributed by atoms with van der Waals surface area (Å²) in [7, 11) is 1.63. The van der Waals surface area contributed by atoms with Crippen molar-refractivity contribution < 1.29 is 18.8 Å². The minimum atomic E-state index is -0.292. The maximum Gasteiger partial charge on any atom is 0.247 e. The molecule has 0 bridgehead atoms.